The van der Waals surface area contributed by atoms with Crippen LogP contribution in [0.1, 0.15) is 32.1 Å². The van der Waals surface area contributed by atoms with Gasteiger partial charge in [0.2, 0.25) is 0 Å². The fraction of sp³-hybridized carbons (Fsp3) is 0.571. The Labute approximate surface area is 118 Å². The van der Waals surface area contributed by atoms with Crippen LogP contribution < -0.4 is 10.1 Å². The van der Waals surface area contributed by atoms with Gasteiger partial charge in [0.05, 0.1) is 5.02 Å². The lowest BCUT2D eigenvalue weighted by atomic mass is 9.85. The van der Waals surface area contributed by atoms with Crippen LogP contribution in [0.5, 0.6) is 5.75 Å². The maximum Gasteiger partial charge on any atom is 0.139 e. The summed E-state index contributed by atoms with van der Waals surface area (Å²) in [4.78, 5) is 0. The monoisotopic (exact) mass is 285 g/mol. The molecule has 2 bridgehead atoms. The van der Waals surface area contributed by atoms with Gasteiger partial charge >= 0.3 is 0 Å². The molecule has 2 saturated heterocycles. The fourth-order valence-corrected chi connectivity index (χ4v) is 3.38. The van der Waals surface area contributed by atoms with E-state index in [1.165, 1.54) is 19.3 Å². The van der Waals surface area contributed by atoms with Gasteiger partial charge in [-0.2, -0.15) is 0 Å². The van der Waals surface area contributed by atoms with Crippen molar-refractivity contribution in [3.05, 3.63) is 28.2 Å². The molecule has 0 aliphatic carbocycles. The van der Waals surface area contributed by atoms with Gasteiger partial charge in [-0.1, -0.05) is 29.6 Å². The van der Waals surface area contributed by atoms with Crippen LogP contribution in [0.3, 0.4) is 0 Å². The van der Waals surface area contributed by atoms with Crippen molar-refractivity contribution in [3.63, 3.8) is 0 Å². The van der Waals surface area contributed by atoms with Crippen LogP contribution in [0.25, 0.3) is 0 Å². The van der Waals surface area contributed by atoms with Crippen molar-refractivity contribution in [2.75, 3.05) is 0 Å². The largest absolute Gasteiger partial charge is 0.489 e. The van der Waals surface area contributed by atoms with E-state index < -0.39 is 0 Å². The Balaban J connectivity index is 1.70. The summed E-state index contributed by atoms with van der Waals surface area (Å²) in [5.74, 6) is 0.717. The second-order valence-corrected chi connectivity index (χ2v) is 6.12. The molecule has 0 saturated carbocycles. The van der Waals surface area contributed by atoms with E-state index >= 15 is 0 Å². The van der Waals surface area contributed by atoms with Gasteiger partial charge in [-0.05, 0) is 37.8 Å². The number of piperidine rings is 2. The van der Waals surface area contributed by atoms with Crippen molar-refractivity contribution < 1.29 is 4.74 Å². The Hall–Kier alpha value is -0.440. The molecule has 18 heavy (non-hydrogen) atoms. The van der Waals surface area contributed by atoms with E-state index in [-0.39, 0.29) is 6.10 Å². The third-order valence-electron chi connectivity index (χ3n) is 3.86. The van der Waals surface area contributed by atoms with Crippen LogP contribution in [0.2, 0.25) is 10.0 Å². The summed E-state index contributed by atoms with van der Waals surface area (Å²) < 4.78 is 6.05. The van der Waals surface area contributed by atoms with Crippen LogP contribution in [0.15, 0.2) is 18.2 Å². The Kier molecular flexibility index (Phi) is 3.69. The lowest BCUT2D eigenvalue weighted by molar-refractivity contribution is 0.0928. The third-order valence-corrected chi connectivity index (χ3v) is 4.41. The first-order valence-electron chi connectivity index (χ1n) is 6.58. The molecular weight excluding hydrogens is 269 g/mol. The predicted octanol–water partition coefficient (Wildman–Crippen LogP) is 4.05. The molecule has 0 aromatic heterocycles. The highest BCUT2D eigenvalue weighted by Gasteiger charge is 2.32. The second-order valence-electron chi connectivity index (χ2n) is 5.28. The quantitative estimate of drug-likeness (QED) is 0.885. The summed E-state index contributed by atoms with van der Waals surface area (Å²) in [6, 6.07) is 6.61. The lowest BCUT2D eigenvalue weighted by Gasteiger charge is -2.40. The number of fused-ring (bicyclic) bond motifs is 2. The van der Waals surface area contributed by atoms with Crippen molar-refractivity contribution in [2.45, 2.75) is 50.3 Å². The molecule has 0 radical (unpaired) electrons. The predicted molar refractivity (Wildman–Crippen MR) is 74.7 cm³/mol. The molecule has 4 heteroatoms. The highest BCUT2D eigenvalue weighted by atomic mass is 35.5. The molecule has 1 unspecified atom stereocenters. The van der Waals surface area contributed by atoms with Gasteiger partial charge < -0.3 is 10.1 Å². The minimum atomic E-state index is 0.262. The molecule has 3 rings (SSSR count). The highest BCUT2D eigenvalue weighted by Crippen LogP contribution is 2.33. The van der Waals surface area contributed by atoms with Gasteiger partial charge in [0.15, 0.2) is 0 Å². The van der Waals surface area contributed by atoms with E-state index in [0.29, 0.717) is 27.9 Å². The molecule has 0 amide bonds. The molecule has 2 aliphatic heterocycles. The molecule has 1 N–H and O–H groups in total. The van der Waals surface area contributed by atoms with Gasteiger partial charge in [0.1, 0.15) is 11.9 Å². The Bertz CT molecular complexity index is 426. The first kappa shape index (κ1) is 12.6. The molecule has 0 spiro atoms. The van der Waals surface area contributed by atoms with Crippen LogP contribution >= 0.6 is 23.2 Å². The molecule has 98 valence electrons. The SMILES string of the molecule is Clc1ccc(Cl)c(OC2C[C@H]3CCC[C@@H](C2)N3)c1. The summed E-state index contributed by atoms with van der Waals surface area (Å²) in [5, 5.41) is 4.97. The molecule has 3 atom stereocenters. The summed E-state index contributed by atoms with van der Waals surface area (Å²) in [7, 11) is 0. The standard InChI is InChI=1S/C14H17Cl2NO/c15-9-4-5-13(16)14(6-9)18-12-7-10-2-1-3-11(8-12)17-10/h4-6,10-12,17H,1-3,7-8H2/t10-,11+,12?. The molecular formula is C14H17Cl2NO. The molecule has 2 nitrogen and oxygen atoms in total. The van der Waals surface area contributed by atoms with E-state index in [1.54, 1.807) is 12.1 Å². The van der Waals surface area contributed by atoms with Gasteiger partial charge in [0, 0.05) is 23.2 Å². The summed E-state index contributed by atoms with van der Waals surface area (Å²) >= 11 is 12.1. The van der Waals surface area contributed by atoms with Gasteiger partial charge in [-0.3, -0.25) is 0 Å². The average Bonchev–Trinajstić information content (AvgIpc) is 2.33. The molecule has 2 heterocycles. The topological polar surface area (TPSA) is 21.3 Å². The van der Waals surface area contributed by atoms with Gasteiger partial charge in [-0.25, -0.2) is 0 Å². The van der Waals surface area contributed by atoms with Crippen LogP contribution in [-0.4, -0.2) is 18.2 Å². The van der Waals surface area contributed by atoms with Crippen LogP contribution in [0, 0.1) is 0 Å². The smallest absolute Gasteiger partial charge is 0.139 e. The van der Waals surface area contributed by atoms with E-state index in [4.69, 9.17) is 27.9 Å². The first-order chi connectivity index (χ1) is 8.70. The Morgan fingerprint density at radius 1 is 1.11 bits per heavy atom. The Morgan fingerprint density at radius 2 is 1.83 bits per heavy atom. The fourth-order valence-electron chi connectivity index (χ4n) is 3.06. The zero-order chi connectivity index (χ0) is 12.5. The van der Waals surface area contributed by atoms with E-state index in [9.17, 15) is 0 Å². The summed E-state index contributed by atoms with van der Waals surface area (Å²) in [6.45, 7) is 0. The maximum atomic E-state index is 6.14. The van der Waals surface area contributed by atoms with Crippen molar-refractivity contribution in [1.82, 2.24) is 5.32 Å². The molecule has 2 aliphatic rings. The van der Waals surface area contributed by atoms with E-state index in [0.717, 1.165) is 12.8 Å². The summed E-state index contributed by atoms with van der Waals surface area (Å²) in [5.41, 5.74) is 0. The number of rotatable bonds is 2. The van der Waals surface area contributed by atoms with Crippen molar-refractivity contribution in [1.29, 1.82) is 0 Å². The first-order valence-corrected chi connectivity index (χ1v) is 7.34. The highest BCUT2D eigenvalue weighted by molar-refractivity contribution is 6.34. The number of hydrogen-bond acceptors (Lipinski definition) is 2. The molecule has 1 aromatic carbocycles. The van der Waals surface area contributed by atoms with Gasteiger partial charge in [0.25, 0.3) is 0 Å². The molecule has 2 fully saturated rings. The van der Waals surface area contributed by atoms with E-state index in [2.05, 4.69) is 5.32 Å². The number of benzene rings is 1. The normalized spacial score (nSPS) is 31.1. The van der Waals surface area contributed by atoms with Crippen LogP contribution in [0.4, 0.5) is 0 Å². The zero-order valence-electron chi connectivity index (χ0n) is 10.2. The minimum Gasteiger partial charge on any atom is -0.489 e. The van der Waals surface area contributed by atoms with Crippen molar-refractivity contribution in [2.24, 2.45) is 0 Å². The number of nitrogens with one attached hydrogen (secondary N) is 1. The number of hydrogen-bond donors (Lipinski definition) is 1. The number of ether oxygens (including phenoxy) is 1. The molecule has 1 aromatic rings. The van der Waals surface area contributed by atoms with Gasteiger partial charge in [-0.15, -0.1) is 0 Å². The second kappa shape index (κ2) is 5.28. The van der Waals surface area contributed by atoms with Crippen molar-refractivity contribution >= 4 is 23.2 Å². The lowest BCUT2D eigenvalue weighted by Crippen LogP contribution is -2.51. The third kappa shape index (κ3) is 2.76. The van der Waals surface area contributed by atoms with Crippen LogP contribution in [-0.2, 0) is 0 Å². The summed E-state index contributed by atoms with van der Waals surface area (Å²) in [6.07, 6.45) is 6.27. The van der Waals surface area contributed by atoms with E-state index in [1.807, 2.05) is 6.07 Å². The average molecular weight is 286 g/mol. The number of halogens is 2. The Morgan fingerprint density at radius 3 is 2.56 bits per heavy atom. The maximum absolute atomic E-state index is 6.14. The van der Waals surface area contributed by atoms with Crippen molar-refractivity contribution in [3.8, 4) is 5.75 Å². The zero-order valence-corrected chi connectivity index (χ0v) is 11.7. The minimum absolute atomic E-state index is 0.262.